The zero-order chi connectivity index (χ0) is 74.3. The summed E-state index contributed by atoms with van der Waals surface area (Å²) in [5.74, 6) is 4.71. The summed E-state index contributed by atoms with van der Waals surface area (Å²) in [6.07, 6.45) is 75.8. The number of ether oxygens (including phenoxy) is 9. The van der Waals surface area contributed by atoms with Crippen LogP contribution in [-0.2, 0) is 18.0 Å². The van der Waals surface area contributed by atoms with Crippen molar-refractivity contribution in [2.75, 3.05) is 46.8 Å². The Bertz CT molecular complexity index is 2140. The number of unbranched alkanes of at least 4 members (excludes halogenated alkanes) is 54. The summed E-state index contributed by atoms with van der Waals surface area (Å²) in [6.45, 7) is 17.8. The summed E-state index contributed by atoms with van der Waals surface area (Å²) in [5, 5.41) is 0. The van der Waals surface area contributed by atoms with E-state index in [0.29, 0.717) is 91.2 Å². The lowest BCUT2D eigenvalue weighted by Crippen LogP contribution is -2.08. The molecule has 0 aromatic heterocycles. The molecule has 3 rings (SSSR count). The number of hydrogen-bond acceptors (Lipinski definition) is 10. The highest BCUT2D eigenvalue weighted by molar-refractivity contribution is 5.90. The molecule has 0 atom stereocenters. The first-order valence-electron chi connectivity index (χ1n) is 45.0. The van der Waals surface area contributed by atoms with E-state index in [1.807, 2.05) is 6.07 Å². The number of carbonyl (C=O) groups is 1. The summed E-state index contributed by atoms with van der Waals surface area (Å²) in [4.78, 5) is 13.5. The first-order chi connectivity index (χ1) is 51.4. The number of carbonyl (C=O) groups excluding carboxylic acids is 1. The van der Waals surface area contributed by atoms with Gasteiger partial charge in [-0.15, -0.1) is 0 Å². The fourth-order valence-electron chi connectivity index (χ4n) is 14.1. The monoisotopic (exact) mass is 1450 g/mol. The number of esters is 1. The Labute approximate surface area is 641 Å². The van der Waals surface area contributed by atoms with Gasteiger partial charge in [0.1, 0.15) is 24.7 Å². The van der Waals surface area contributed by atoms with E-state index in [4.69, 9.17) is 42.6 Å². The zero-order valence-electron chi connectivity index (χ0n) is 69.2. The van der Waals surface area contributed by atoms with Gasteiger partial charge < -0.3 is 42.6 Å². The average molecular weight is 1450 g/mol. The minimum absolute atomic E-state index is 0.200. The lowest BCUT2D eigenvalue weighted by molar-refractivity contribution is 0.0599. The summed E-state index contributed by atoms with van der Waals surface area (Å²) in [7, 11) is 1.42. The standard InChI is InChI=1S/C94H164O10/c1-8-14-20-26-32-38-44-50-56-62-68-97-88-74-83(75-89(98-69-63-57-51-45-39-33-27-21-15-9-2)92(88)101-72-66-60-54-48-42-36-30-24-18-12-5)81-103-86-78-85(94(95)96-7)79-87(80-86)104-82-84-76-90(99-70-64-58-52-46-40-34-28-22-16-10-3)93(102-73-67-61-55-49-43-37-31-25-19-13-6)91(77-84)100-71-65-59-53-47-41-35-29-23-17-11-4/h74-80H,8-73,81-82H2,1-7H3. The highest BCUT2D eigenvalue weighted by Crippen LogP contribution is 2.42. The number of rotatable bonds is 79. The van der Waals surface area contributed by atoms with Crippen molar-refractivity contribution in [3.63, 3.8) is 0 Å². The van der Waals surface area contributed by atoms with Crippen LogP contribution in [0.25, 0.3) is 0 Å². The van der Waals surface area contributed by atoms with E-state index in [9.17, 15) is 4.79 Å². The van der Waals surface area contributed by atoms with E-state index in [-0.39, 0.29) is 13.2 Å². The van der Waals surface area contributed by atoms with Crippen molar-refractivity contribution in [2.24, 2.45) is 0 Å². The topological polar surface area (TPSA) is 100 Å². The zero-order valence-corrected chi connectivity index (χ0v) is 69.2. The van der Waals surface area contributed by atoms with Crippen LogP contribution in [0.4, 0.5) is 0 Å². The molecule has 0 unspecified atom stereocenters. The first-order valence-corrected chi connectivity index (χ1v) is 45.0. The minimum Gasteiger partial charge on any atom is -0.490 e. The second-order valence-electron chi connectivity index (χ2n) is 30.8. The molecule has 3 aromatic rings. The molecule has 0 heterocycles. The van der Waals surface area contributed by atoms with Crippen molar-refractivity contribution in [3.05, 3.63) is 59.2 Å². The first kappa shape index (κ1) is 93.7. The lowest BCUT2D eigenvalue weighted by Gasteiger charge is -2.20. The molecule has 10 heteroatoms. The van der Waals surface area contributed by atoms with Crippen LogP contribution in [0.15, 0.2) is 42.5 Å². The molecule has 0 saturated heterocycles. The molecule has 0 amide bonds. The normalized spacial score (nSPS) is 11.4. The second kappa shape index (κ2) is 70.2. The van der Waals surface area contributed by atoms with Gasteiger partial charge in [-0.3, -0.25) is 0 Å². The van der Waals surface area contributed by atoms with Crippen LogP contribution in [0.3, 0.4) is 0 Å². The Morgan fingerprint density at radius 2 is 0.404 bits per heavy atom. The number of methoxy groups -OCH3 is 1. The maximum Gasteiger partial charge on any atom is 0.338 e. The third-order valence-electron chi connectivity index (χ3n) is 20.8. The van der Waals surface area contributed by atoms with Crippen LogP contribution in [0.5, 0.6) is 46.0 Å². The van der Waals surface area contributed by atoms with Crippen molar-refractivity contribution in [3.8, 4) is 46.0 Å². The molecule has 0 aliphatic carbocycles. The summed E-state index contributed by atoms with van der Waals surface area (Å²) in [5.41, 5.74) is 2.13. The number of hydrogen-bond donors (Lipinski definition) is 0. The smallest absolute Gasteiger partial charge is 0.338 e. The third kappa shape index (κ3) is 51.0. The molecule has 0 aliphatic rings. The fraction of sp³-hybridized carbons (Fsp3) is 0.798. The van der Waals surface area contributed by atoms with E-state index in [1.165, 1.54) is 315 Å². The number of benzene rings is 3. The highest BCUT2D eigenvalue weighted by atomic mass is 16.6. The summed E-state index contributed by atoms with van der Waals surface area (Å²) in [6, 6.07) is 13.7. The van der Waals surface area contributed by atoms with Crippen molar-refractivity contribution >= 4 is 5.97 Å². The Morgan fingerprint density at radius 3 is 0.596 bits per heavy atom. The minimum atomic E-state index is -0.469. The van der Waals surface area contributed by atoms with E-state index < -0.39 is 5.97 Å². The van der Waals surface area contributed by atoms with E-state index >= 15 is 0 Å². The predicted molar refractivity (Wildman–Crippen MR) is 443 cm³/mol. The van der Waals surface area contributed by atoms with Gasteiger partial charge in [0.2, 0.25) is 11.5 Å². The van der Waals surface area contributed by atoms with Crippen molar-refractivity contribution in [1.29, 1.82) is 0 Å². The second-order valence-corrected chi connectivity index (χ2v) is 30.8. The molecular weight excluding hydrogens is 1290 g/mol. The van der Waals surface area contributed by atoms with Crippen molar-refractivity contribution in [2.45, 2.75) is 440 Å². The summed E-state index contributed by atoms with van der Waals surface area (Å²) >= 11 is 0. The van der Waals surface area contributed by atoms with Gasteiger partial charge in [0, 0.05) is 6.07 Å². The van der Waals surface area contributed by atoms with Crippen molar-refractivity contribution < 1.29 is 47.4 Å². The van der Waals surface area contributed by atoms with Gasteiger partial charge in [0.15, 0.2) is 23.0 Å². The molecule has 0 saturated carbocycles. The Balaban J connectivity index is 1.95. The Kier molecular flexibility index (Phi) is 63.3. The van der Waals surface area contributed by atoms with Gasteiger partial charge in [-0.1, -0.05) is 388 Å². The largest absolute Gasteiger partial charge is 0.490 e. The highest BCUT2D eigenvalue weighted by Gasteiger charge is 2.21. The molecule has 10 nitrogen and oxygen atoms in total. The molecule has 0 aliphatic heterocycles. The van der Waals surface area contributed by atoms with Gasteiger partial charge in [0.25, 0.3) is 0 Å². The Hall–Kier alpha value is -4.47. The molecule has 104 heavy (non-hydrogen) atoms. The third-order valence-corrected chi connectivity index (χ3v) is 20.8. The van der Waals surface area contributed by atoms with E-state index in [1.54, 1.807) is 12.1 Å². The molecule has 0 radical (unpaired) electrons. The van der Waals surface area contributed by atoms with Crippen LogP contribution in [0.1, 0.15) is 448 Å². The van der Waals surface area contributed by atoms with Gasteiger partial charge in [-0.25, -0.2) is 4.79 Å². The predicted octanol–water partition coefficient (Wildman–Crippen LogP) is 30.4. The van der Waals surface area contributed by atoms with E-state index in [2.05, 4.69) is 65.8 Å². The van der Waals surface area contributed by atoms with Crippen LogP contribution in [0.2, 0.25) is 0 Å². The van der Waals surface area contributed by atoms with Crippen molar-refractivity contribution in [1.82, 2.24) is 0 Å². The molecule has 0 bridgehead atoms. The fourth-order valence-corrected chi connectivity index (χ4v) is 14.1. The SMILES string of the molecule is CCCCCCCCCCCCOc1cc(COc2cc(OCc3cc(OCCCCCCCCCCCC)c(OCCCCCCCCCCCC)c(OCCCCCCCCCCCC)c3)cc(C(=O)OC)c2)cc(OCCCCCCCCCCCC)c1OCCCCCCCCCCCC. The van der Waals surface area contributed by atoms with Crippen LogP contribution < -0.4 is 37.9 Å². The lowest BCUT2D eigenvalue weighted by atomic mass is 10.1. The molecule has 0 spiro atoms. The van der Waals surface area contributed by atoms with Gasteiger partial charge >= 0.3 is 5.97 Å². The maximum absolute atomic E-state index is 13.5. The average Bonchev–Trinajstić information content (AvgIpc) is 0.826. The molecule has 0 N–H and O–H groups in total. The van der Waals surface area contributed by atoms with E-state index in [0.717, 1.165) is 88.2 Å². The van der Waals surface area contributed by atoms with Crippen LogP contribution in [0, 0.1) is 0 Å². The molecule has 0 fully saturated rings. The van der Waals surface area contributed by atoms with Gasteiger partial charge in [-0.05, 0) is 86.1 Å². The molecule has 600 valence electrons. The molecular formula is C94H164O10. The quantitative estimate of drug-likeness (QED) is 0.0401. The summed E-state index contributed by atoms with van der Waals surface area (Å²) < 4.78 is 59.5. The van der Waals surface area contributed by atoms with Crippen LogP contribution >= 0.6 is 0 Å². The molecule has 3 aromatic carbocycles. The Morgan fingerprint density at radius 1 is 0.221 bits per heavy atom. The van der Waals surface area contributed by atoms with Crippen LogP contribution in [-0.4, -0.2) is 52.7 Å². The van der Waals surface area contributed by atoms with Gasteiger partial charge in [0.05, 0.1) is 52.3 Å². The maximum atomic E-state index is 13.5. The van der Waals surface area contributed by atoms with Gasteiger partial charge in [-0.2, -0.15) is 0 Å².